The number of sulfonamides is 1. The summed E-state index contributed by atoms with van der Waals surface area (Å²) < 4.78 is 30.4. The van der Waals surface area contributed by atoms with Crippen molar-refractivity contribution in [1.82, 2.24) is 20.3 Å². The molecular weight excluding hydrogens is 404 g/mol. The standard InChI is InChI=1S/C17H22N4O5S2/c1-11-15(12(2)26-20-11)9-27-10-16(22)18-19-17(23)13-6-5-7-14(8-13)28(24,25)21(3)4/h5-8H,9-10H2,1-4H3,(H,18,22)(H,19,23). The molecule has 2 N–H and O–H groups in total. The van der Waals surface area contributed by atoms with Gasteiger partial charge in [0.15, 0.2) is 0 Å². The van der Waals surface area contributed by atoms with E-state index in [1.807, 2.05) is 6.92 Å². The first kappa shape index (κ1) is 21.9. The Kier molecular flexibility index (Phi) is 7.22. The Morgan fingerprint density at radius 1 is 1.21 bits per heavy atom. The summed E-state index contributed by atoms with van der Waals surface area (Å²) in [6, 6.07) is 5.58. The smallest absolute Gasteiger partial charge is 0.269 e. The van der Waals surface area contributed by atoms with Crippen molar-refractivity contribution >= 4 is 33.6 Å². The van der Waals surface area contributed by atoms with Crippen molar-refractivity contribution in [3.8, 4) is 0 Å². The van der Waals surface area contributed by atoms with E-state index in [2.05, 4.69) is 16.0 Å². The molecular formula is C17H22N4O5S2. The minimum Gasteiger partial charge on any atom is -0.361 e. The number of thioether (sulfide) groups is 1. The second-order valence-corrected chi connectivity index (χ2v) is 9.25. The van der Waals surface area contributed by atoms with Crippen molar-refractivity contribution in [2.75, 3.05) is 19.8 Å². The zero-order chi connectivity index (χ0) is 20.9. The predicted octanol–water partition coefficient (Wildman–Crippen LogP) is 1.24. The summed E-state index contributed by atoms with van der Waals surface area (Å²) in [5, 5.41) is 3.85. The first-order valence-corrected chi connectivity index (χ1v) is 10.8. The highest BCUT2D eigenvalue weighted by Gasteiger charge is 2.19. The van der Waals surface area contributed by atoms with E-state index in [1.165, 1.54) is 50.1 Å². The molecule has 152 valence electrons. The number of aromatic nitrogens is 1. The van der Waals surface area contributed by atoms with E-state index in [4.69, 9.17) is 4.52 Å². The molecule has 11 heteroatoms. The van der Waals surface area contributed by atoms with Crippen LogP contribution >= 0.6 is 11.8 Å². The van der Waals surface area contributed by atoms with Gasteiger partial charge in [-0.2, -0.15) is 0 Å². The van der Waals surface area contributed by atoms with E-state index in [0.29, 0.717) is 11.5 Å². The SMILES string of the molecule is Cc1noc(C)c1CSCC(=O)NNC(=O)c1cccc(S(=O)(=O)N(C)C)c1. The van der Waals surface area contributed by atoms with Gasteiger partial charge in [-0.05, 0) is 32.0 Å². The molecule has 28 heavy (non-hydrogen) atoms. The third-order valence-corrected chi connectivity index (χ3v) is 6.62. The minimum absolute atomic E-state index is 0.00788. The number of benzene rings is 1. The maximum Gasteiger partial charge on any atom is 0.269 e. The van der Waals surface area contributed by atoms with E-state index in [1.54, 1.807) is 6.92 Å². The number of rotatable bonds is 7. The van der Waals surface area contributed by atoms with Gasteiger partial charge >= 0.3 is 0 Å². The van der Waals surface area contributed by atoms with Gasteiger partial charge in [0.25, 0.3) is 5.91 Å². The van der Waals surface area contributed by atoms with Gasteiger partial charge < -0.3 is 4.52 Å². The van der Waals surface area contributed by atoms with Crippen molar-refractivity contribution in [2.24, 2.45) is 0 Å². The molecule has 0 fully saturated rings. The van der Waals surface area contributed by atoms with Gasteiger partial charge in [0, 0.05) is 31.0 Å². The summed E-state index contributed by atoms with van der Waals surface area (Å²) in [6.07, 6.45) is 0. The van der Waals surface area contributed by atoms with Crippen LogP contribution in [0.2, 0.25) is 0 Å². The number of aryl methyl sites for hydroxylation is 2. The van der Waals surface area contributed by atoms with E-state index in [0.717, 1.165) is 15.6 Å². The van der Waals surface area contributed by atoms with Gasteiger partial charge in [-0.1, -0.05) is 11.2 Å². The van der Waals surface area contributed by atoms with Crippen LogP contribution in [-0.2, 0) is 20.6 Å². The number of nitrogens with one attached hydrogen (secondary N) is 2. The number of nitrogens with zero attached hydrogens (tertiary/aromatic N) is 2. The van der Waals surface area contributed by atoms with Gasteiger partial charge in [-0.25, -0.2) is 12.7 Å². The molecule has 0 bridgehead atoms. The van der Waals surface area contributed by atoms with Crippen molar-refractivity contribution in [2.45, 2.75) is 24.5 Å². The lowest BCUT2D eigenvalue weighted by molar-refractivity contribution is -0.119. The Morgan fingerprint density at radius 3 is 2.54 bits per heavy atom. The third-order valence-electron chi connectivity index (χ3n) is 3.85. The number of amides is 2. The van der Waals surface area contributed by atoms with E-state index < -0.39 is 15.9 Å². The summed E-state index contributed by atoms with van der Waals surface area (Å²) in [4.78, 5) is 24.1. The lowest BCUT2D eigenvalue weighted by Crippen LogP contribution is -2.42. The number of hydrogen-bond donors (Lipinski definition) is 2. The van der Waals surface area contributed by atoms with Gasteiger partial charge in [0.1, 0.15) is 5.76 Å². The molecule has 0 aliphatic carbocycles. The van der Waals surface area contributed by atoms with Gasteiger partial charge in [-0.3, -0.25) is 20.4 Å². The molecule has 2 amide bonds. The van der Waals surface area contributed by atoms with Crippen LogP contribution in [-0.4, -0.2) is 49.5 Å². The summed E-state index contributed by atoms with van der Waals surface area (Å²) >= 11 is 1.36. The number of carbonyl (C=O) groups is 2. The van der Waals surface area contributed by atoms with Crippen molar-refractivity contribution < 1.29 is 22.5 Å². The lowest BCUT2D eigenvalue weighted by Gasteiger charge is -2.12. The van der Waals surface area contributed by atoms with Gasteiger partial charge in [0.05, 0.1) is 16.3 Å². The molecule has 2 aromatic rings. The number of hydrazine groups is 1. The van der Waals surface area contributed by atoms with Crippen LogP contribution in [0.5, 0.6) is 0 Å². The fourth-order valence-electron chi connectivity index (χ4n) is 2.20. The highest BCUT2D eigenvalue weighted by molar-refractivity contribution is 7.99. The van der Waals surface area contributed by atoms with Crippen LogP contribution in [0.15, 0.2) is 33.7 Å². The van der Waals surface area contributed by atoms with Crippen LogP contribution in [0.4, 0.5) is 0 Å². The molecule has 0 unspecified atom stereocenters. The molecule has 0 radical (unpaired) electrons. The molecule has 0 aliphatic heterocycles. The van der Waals surface area contributed by atoms with Crippen LogP contribution in [0.3, 0.4) is 0 Å². The maximum absolute atomic E-state index is 12.2. The van der Waals surface area contributed by atoms with E-state index in [9.17, 15) is 18.0 Å². The summed E-state index contributed by atoms with van der Waals surface area (Å²) in [6.45, 7) is 3.64. The van der Waals surface area contributed by atoms with E-state index >= 15 is 0 Å². The lowest BCUT2D eigenvalue weighted by atomic mass is 10.2. The number of hydrogen-bond acceptors (Lipinski definition) is 7. The molecule has 0 aliphatic rings. The first-order chi connectivity index (χ1) is 13.1. The molecule has 2 rings (SSSR count). The Bertz CT molecular complexity index is 950. The average Bonchev–Trinajstić information content (AvgIpc) is 2.98. The Balaban J connectivity index is 1.87. The van der Waals surface area contributed by atoms with Crippen LogP contribution < -0.4 is 10.9 Å². The summed E-state index contributed by atoms with van der Waals surface area (Å²) in [5.41, 5.74) is 6.44. The maximum atomic E-state index is 12.2. The normalized spacial score (nSPS) is 11.5. The van der Waals surface area contributed by atoms with Crippen molar-refractivity contribution in [3.05, 3.63) is 46.8 Å². The van der Waals surface area contributed by atoms with Gasteiger partial charge in [0.2, 0.25) is 15.9 Å². The molecule has 0 spiro atoms. The fourth-order valence-corrected chi connectivity index (χ4v) is 4.12. The quantitative estimate of drug-likeness (QED) is 0.639. The molecule has 0 atom stereocenters. The van der Waals surface area contributed by atoms with Crippen LogP contribution in [0.1, 0.15) is 27.4 Å². The molecule has 0 saturated carbocycles. The first-order valence-electron chi connectivity index (χ1n) is 8.24. The molecule has 1 heterocycles. The fraction of sp³-hybridized carbons (Fsp3) is 0.353. The van der Waals surface area contributed by atoms with Crippen LogP contribution in [0, 0.1) is 13.8 Å². The topological polar surface area (TPSA) is 122 Å². The van der Waals surface area contributed by atoms with Crippen LogP contribution in [0.25, 0.3) is 0 Å². The molecule has 1 aromatic heterocycles. The Morgan fingerprint density at radius 2 is 1.93 bits per heavy atom. The summed E-state index contributed by atoms with van der Waals surface area (Å²) in [7, 11) is -0.844. The summed E-state index contributed by atoms with van der Waals surface area (Å²) in [5.74, 6) is 0.403. The highest BCUT2D eigenvalue weighted by Crippen LogP contribution is 2.19. The third kappa shape index (κ3) is 5.33. The minimum atomic E-state index is -3.65. The van der Waals surface area contributed by atoms with Crippen molar-refractivity contribution in [1.29, 1.82) is 0 Å². The zero-order valence-corrected chi connectivity index (χ0v) is 17.6. The predicted molar refractivity (Wildman–Crippen MR) is 105 cm³/mol. The largest absolute Gasteiger partial charge is 0.361 e. The second-order valence-electron chi connectivity index (χ2n) is 6.11. The number of carbonyl (C=O) groups excluding carboxylic acids is 2. The average molecular weight is 427 g/mol. The molecule has 0 saturated heterocycles. The Labute approximate surface area is 167 Å². The molecule has 1 aromatic carbocycles. The Hall–Kier alpha value is -2.37. The van der Waals surface area contributed by atoms with E-state index in [-0.39, 0.29) is 22.1 Å². The zero-order valence-electron chi connectivity index (χ0n) is 16.0. The second kappa shape index (κ2) is 9.22. The molecule has 9 nitrogen and oxygen atoms in total. The highest BCUT2D eigenvalue weighted by atomic mass is 32.2. The van der Waals surface area contributed by atoms with Gasteiger partial charge in [-0.15, -0.1) is 11.8 Å². The monoisotopic (exact) mass is 426 g/mol. The van der Waals surface area contributed by atoms with Crippen molar-refractivity contribution in [3.63, 3.8) is 0 Å².